The van der Waals surface area contributed by atoms with Gasteiger partial charge in [0.1, 0.15) is 11.5 Å². The van der Waals surface area contributed by atoms with E-state index in [0.717, 1.165) is 17.7 Å². The number of halogens is 1. The minimum Gasteiger partial charge on any atom is -0.368 e. The zero-order valence-corrected chi connectivity index (χ0v) is 22.0. The second kappa shape index (κ2) is 10.6. The Bertz CT molecular complexity index is 1310. The summed E-state index contributed by atoms with van der Waals surface area (Å²) in [5.41, 5.74) is 10.5. The van der Waals surface area contributed by atoms with E-state index in [1.807, 2.05) is 31.9 Å². The average Bonchev–Trinajstić information content (AvgIpc) is 3.26. The fourth-order valence-corrected chi connectivity index (χ4v) is 3.83. The van der Waals surface area contributed by atoms with Crippen molar-refractivity contribution in [3.8, 4) is 11.3 Å². The number of hydrazine groups is 1. The first-order chi connectivity index (χ1) is 17.3. The number of piperazine rings is 1. The summed E-state index contributed by atoms with van der Waals surface area (Å²) in [7, 11) is 1.91. The Labute approximate surface area is 215 Å². The summed E-state index contributed by atoms with van der Waals surface area (Å²) < 4.78 is 14.7. The molecule has 11 nitrogen and oxygen atoms in total. The molecule has 0 aliphatic carbocycles. The molecule has 0 atom stereocenters. The van der Waals surface area contributed by atoms with E-state index in [1.54, 1.807) is 22.8 Å². The molecular formula is C25H34FN9O2. The van der Waals surface area contributed by atoms with Crippen LogP contribution >= 0.6 is 0 Å². The molecule has 2 aromatic heterocycles. The molecule has 1 fully saturated rings. The lowest BCUT2D eigenvalue weighted by atomic mass is 9.87. The van der Waals surface area contributed by atoms with Crippen molar-refractivity contribution in [1.29, 1.82) is 0 Å². The molecule has 12 heteroatoms. The molecule has 1 aromatic carbocycles. The molecule has 0 saturated carbocycles. The molecule has 0 spiro atoms. The maximum absolute atomic E-state index is 13.1. The van der Waals surface area contributed by atoms with E-state index < -0.39 is 5.54 Å². The highest BCUT2D eigenvalue weighted by Crippen LogP contribution is 2.29. The number of nitrogens with two attached hydrogens (primary N) is 2. The Morgan fingerprint density at radius 1 is 1.22 bits per heavy atom. The molecule has 0 bridgehead atoms. The Hall–Kier alpha value is -3.90. The summed E-state index contributed by atoms with van der Waals surface area (Å²) in [6.45, 7) is 11.2. The predicted octanol–water partition coefficient (Wildman–Crippen LogP) is 1.88. The third kappa shape index (κ3) is 5.92. The molecule has 1 aliphatic heterocycles. The smallest absolute Gasteiger partial charge is 0.249 e. The number of hydrazone groups is 1. The molecule has 1 aliphatic rings. The third-order valence-corrected chi connectivity index (χ3v) is 6.35. The van der Waals surface area contributed by atoms with Crippen LogP contribution in [0.15, 0.2) is 41.6 Å². The van der Waals surface area contributed by atoms with Gasteiger partial charge in [-0.15, -0.1) is 5.10 Å². The number of benzene rings is 1. The molecule has 4 rings (SSSR count). The van der Waals surface area contributed by atoms with E-state index in [4.69, 9.17) is 11.6 Å². The molecular weight excluding hydrogens is 477 g/mol. The number of aromatic nitrogens is 3. The van der Waals surface area contributed by atoms with Gasteiger partial charge in [0, 0.05) is 24.2 Å². The predicted molar refractivity (Wildman–Crippen MR) is 140 cm³/mol. The van der Waals surface area contributed by atoms with Gasteiger partial charge in [-0.3, -0.25) is 19.4 Å². The summed E-state index contributed by atoms with van der Waals surface area (Å²) in [4.78, 5) is 30.7. The number of rotatable bonds is 3. The molecule has 5 N–H and O–H groups in total. The Morgan fingerprint density at radius 3 is 2.43 bits per heavy atom. The number of carbonyl (C=O) groups excluding carboxylic acids is 2. The number of imidazole rings is 1. The fourth-order valence-electron chi connectivity index (χ4n) is 3.83. The van der Waals surface area contributed by atoms with Gasteiger partial charge in [-0.05, 0) is 56.6 Å². The molecule has 1 saturated heterocycles. The normalized spacial score (nSPS) is 16.4. The number of guanidine groups is 1. The number of nitrogens with zero attached hydrogens (tertiary/aromatic N) is 6. The largest absolute Gasteiger partial charge is 0.368 e. The molecule has 198 valence electrons. The van der Waals surface area contributed by atoms with E-state index in [9.17, 15) is 14.0 Å². The molecule has 3 heterocycles. The van der Waals surface area contributed by atoms with Crippen LogP contribution in [-0.4, -0.2) is 68.2 Å². The quantitative estimate of drug-likeness (QED) is 0.159. The van der Waals surface area contributed by atoms with Crippen molar-refractivity contribution in [2.75, 3.05) is 20.1 Å². The third-order valence-electron chi connectivity index (χ3n) is 6.35. The van der Waals surface area contributed by atoms with Crippen molar-refractivity contribution >= 4 is 23.8 Å². The van der Waals surface area contributed by atoms with Crippen LogP contribution in [0.3, 0.4) is 0 Å². The van der Waals surface area contributed by atoms with Crippen LogP contribution in [0.5, 0.6) is 0 Å². The SMILES string of the molecule is CC(C)(C)c1cc(-c2ccc(F)cc2)nn2cc(C=O)nc12.CN1CCN(/C(N)=N/NN)C(=O)C1(C)C. The van der Waals surface area contributed by atoms with Crippen LogP contribution in [0.25, 0.3) is 16.9 Å². The number of aldehydes is 1. The summed E-state index contributed by atoms with van der Waals surface area (Å²) in [5, 5.41) is 8.09. The van der Waals surface area contributed by atoms with Crippen molar-refractivity contribution in [3.05, 3.63) is 53.6 Å². The van der Waals surface area contributed by atoms with Gasteiger partial charge in [-0.25, -0.2) is 25.3 Å². The van der Waals surface area contributed by atoms with Gasteiger partial charge >= 0.3 is 0 Å². The minimum atomic E-state index is -0.563. The molecule has 0 unspecified atom stereocenters. The lowest BCUT2D eigenvalue weighted by Gasteiger charge is -2.43. The maximum atomic E-state index is 13.1. The van der Waals surface area contributed by atoms with Gasteiger partial charge in [-0.1, -0.05) is 20.8 Å². The van der Waals surface area contributed by atoms with Crippen LogP contribution in [0.1, 0.15) is 50.7 Å². The van der Waals surface area contributed by atoms with E-state index in [-0.39, 0.29) is 23.1 Å². The first-order valence-corrected chi connectivity index (χ1v) is 11.7. The van der Waals surface area contributed by atoms with Crippen LogP contribution in [0.4, 0.5) is 4.39 Å². The van der Waals surface area contributed by atoms with Crippen molar-refractivity contribution in [2.24, 2.45) is 16.7 Å². The van der Waals surface area contributed by atoms with E-state index in [2.05, 4.69) is 41.5 Å². The number of fused-ring (bicyclic) bond motifs is 1. The second-order valence-corrected chi connectivity index (χ2v) is 10.3. The Morgan fingerprint density at radius 2 is 1.86 bits per heavy atom. The van der Waals surface area contributed by atoms with Crippen LogP contribution in [0.2, 0.25) is 0 Å². The zero-order chi connectivity index (χ0) is 27.5. The molecule has 0 radical (unpaired) electrons. The van der Waals surface area contributed by atoms with Gasteiger partial charge < -0.3 is 5.73 Å². The lowest BCUT2D eigenvalue weighted by Crippen LogP contribution is -2.64. The maximum Gasteiger partial charge on any atom is 0.249 e. The first kappa shape index (κ1) is 27.7. The summed E-state index contributed by atoms with van der Waals surface area (Å²) in [5.74, 6) is 4.75. The van der Waals surface area contributed by atoms with E-state index in [0.29, 0.717) is 29.9 Å². The van der Waals surface area contributed by atoms with Crippen LogP contribution < -0.4 is 17.1 Å². The molecule has 37 heavy (non-hydrogen) atoms. The number of amides is 1. The highest BCUT2D eigenvalue weighted by molar-refractivity contribution is 6.00. The van der Waals surface area contributed by atoms with E-state index >= 15 is 0 Å². The summed E-state index contributed by atoms with van der Waals surface area (Å²) in [6.07, 6.45) is 2.31. The minimum absolute atomic E-state index is 0.0762. The Kier molecular flexibility index (Phi) is 7.94. The Balaban J connectivity index is 0.000000222. The van der Waals surface area contributed by atoms with Crippen molar-refractivity contribution in [3.63, 3.8) is 0 Å². The fraction of sp³-hybridized carbons (Fsp3) is 0.400. The highest BCUT2D eigenvalue weighted by Gasteiger charge is 2.41. The van der Waals surface area contributed by atoms with E-state index in [1.165, 1.54) is 17.0 Å². The topological polar surface area (TPSA) is 147 Å². The average molecular weight is 512 g/mol. The van der Waals surface area contributed by atoms with Gasteiger partial charge in [0.15, 0.2) is 11.9 Å². The second-order valence-electron chi connectivity index (χ2n) is 10.3. The van der Waals surface area contributed by atoms with Crippen molar-refractivity contribution in [2.45, 2.75) is 45.6 Å². The van der Waals surface area contributed by atoms with Gasteiger partial charge in [0.2, 0.25) is 11.9 Å². The standard InChI is InChI=1S/C17H16FN3O.C8H18N6O/c1-17(2,3)14-8-15(11-4-6-12(18)7-5-11)20-21-9-13(10-22)19-16(14)21;1-8(2)6(15)14(5-4-13(8)3)7(9)11-12-10/h4-10H,1-3H3;12H,4-5,10H2,1-3H3,(H2,9,11). The first-order valence-electron chi connectivity index (χ1n) is 11.7. The lowest BCUT2D eigenvalue weighted by molar-refractivity contribution is -0.142. The van der Waals surface area contributed by atoms with Crippen molar-refractivity contribution < 1.29 is 14.0 Å². The van der Waals surface area contributed by atoms with Gasteiger partial charge in [0.05, 0.1) is 17.4 Å². The highest BCUT2D eigenvalue weighted by atomic mass is 19.1. The zero-order valence-electron chi connectivity index (χ0n) is 22.0. The van der Waals surface area contributed by atoms with Gasteiger partial charge in [-0.2, -0.15) is 5.10 Å². The van der Waals surface area contributed by atoms with Gasteiger partial charge in [0.25, 0.3) is 0 Å². The van der Waals surface area contributed by atoms with Crippen LogP contribution in [0, 0.1) is 5.82 Å². The number of likely N-dealkylation sites (N-methyl/N-ethyl adjacent to an activating group) is 1. The number of carbonyl (C=O) groups is 2. The van der Waals surface area contributed by atoms with Crippen molar-refractivity contribution in [1.82, 2.24) is 29.9 Å². The van der Waals surface area contributed by atoms with Crippen LogP contribution in [-0.2, 0) is 10.2 Å². The number of hydrogen-bond acceptors (Lipinski definition) is 8. The number of nitrogens with one attached hydrogen (secondary N) is 1. The molecule has 1 amide bonds. The summed E-state index contributed by atoms with van der Waals surface area (Å²) in [6, 6.07) is 8.14. The molecule has 3 aromatic rings. The number of hydrogen-bond donors (Lipinski definition) is 3. The summed E-state index contributed by atoms with van der Waals surface area (Å²) >= 11 is 0. The monoisotopic (exact) mass is 511 g/mol.